The highest BCUT2D eigenvalue weighted by molar-refractivity contribution is 6.30. The molecule has 2 aliphatic rings. The standard InChI is InChI=1S/C25H25ClO2/c26-16-15-24(28)13-14-25(12-4-7-19-5-2-1-3-6-19)21(18-24)9-8-20-17-22(27)10-11-23(20)25/h1-7,10-11,17,21,27-28H,8-9,12-14,18H2/t21-,24+,25-/m1/s1. The fourth-order valence-electron chi connectivity index (χ4n) is 5.22. The van der Waals surface area contributed by atoms with E-state index in [1.165, 1.54) is 16.7 Å². The van der Waals surface area contributed by atoms with E-state index in [0.29, 0.717) is 24.5 Å². The summed E-state index contributed by atoms with van der Waals surface area (Å²) < 4.78 is 0. The zero-order valence-electron chi connectivity index (χ0n) is 15.9. The van der Waals surface area contributed by atoms with E-state index in [4.69, 9.17) is 11.6 Å². The Balaban J connectivity index is 1.70. The summed E-state index contributed by atoms with van der Waals surface area (Å²) in [6.45, 7) is 0. The number of hydrogen-bond donors (Lipinski definition) is 2. The number of fused-ring (bicyclic) bond motifs is 3. The number of aliphatic hydroxyl groups is 1. The minimum atomic E-state index is -0.993. The van der Waals surface area contributed by atoms with Crippen LogP contribution in [0.15, 0.2) is 54.6 Å². The largest absolute Gasteiger partial charge is 0.508 e. The third-order valence-corrected chi connectivity index (χ3v) is 6.70. The lowest BCUT2D eigenvalue weighted by Gasteiger charge is -2.52. The summed E-state index contributed by atoms with van der Waals surface area (Å²) in [6, 6.07) is 16.1. The number of phenols is 1. The normalized spacial score (nSPS) is 28.9. The maximum Gasteiger partial charge on any atom is 0.127 e. The Morgan fingerprint density at radius 3 is 2.75 bits per heavy atom. The molecule has 28 heavy (non-hydrogen) atoms. The first-order valence-electron chi connectivity index (χ1n) is 9.94. The molecule has 3 atom stereocenters. The molecule has 2 nitrogen and oxygen atoms in total. The molecule has 0 heterocycles. The molecule has 0 unspecified atom stereocenters. The van der Waals surface area contributed by atoms with Crippen molar-refractivity contribution in [3.05, 3.63) is 71.3 Å². The zero-order valence-corrected chi connectivity index (χ0v) is 16.6. The molecule has 4 rings (SSSR count). The minimum Gasteiger partial charge on any atom is -0.508 e. The Labute approximate surface area is 171 Å². The van der Waals surface area contributed by atoms with Crippen LogP contribution in [0.4, 0.5) is 0 Å². The number of hydrogen-bond acceptors (Lipinski definition) is 2. The average molecular weight is 393 g/mol. The van der Waals surface area contributed by atoms with Crippen LogP contribution in [-0.2, 0) is 11.8 Å². The molecule has 0 saturated heterocycles. The van der Waals surface area contributed by atoms with Crippen molar-refractivity contribution in [3.63, 3.8) is 0 Å². The lowest BCUT2D eigenvalue weighted by Crippen LogP contribution is -2.49. The number of allylic oxidation sites excluding steroid dienone is 1. The Kier molecular flexibility index (Phi) is 5.23. The summed E-state index contributed by atoms with van der Waals surface area (Å²) in [5.41, 5.74) is 2.72. The molecule has 2 N–H and O–H groups in total. The predicted molar refractivity (Wildman–Crippen MR) is 114 cm³/mol. The van der Waals surface area contributed by atoms with Gasteiger partial charge in [0, 0.05) is 10.8 Å². The number of phenolic OH excluding ortho intramolecular Hbond substituents is 1. The lowest BCUT2D eigenvalue weighted by atomic mass is 9.53. The van der Waals surface area contributed by atoms with Crippen molar-refractivity contribution in [1.29, 1.82) is 0 Å². The molecule has 0 spiro atoms. The first kappa shape index (κ1) is 19.1. The van der Waals surface area contributed by atoms with Crippen LogP contribution in [0.5, 0.6) is 5.75 Å². The van der Waals surface area contributed by atoms with Crippen molar-refractivity contribution in [1.82, 2.24) is 0 Å². The van der Waals surface area contributed by atoms with E-state index in [1.54, 1.807) is 6.07 Å². The van der Waals surface area contributed by atoms with Crippen LogP contribution in [0.25, 0.3) is 6.08 Å². The summed E-state index contributed by atoms with van der Waals surface area (Å²) in [5, 5.41) is 23.3. The lowest BCUT2D eigenvalue weighted by molar-refractivity contribution is -0.00710. The van der Waals surface area contributed by atoms with Gasteiger partial charge in [-0.2, -0.15) is 0 Å². The van der Waals surface area contributed by atoms with E-state index in [9.17, 15) is 10.2 Å². The minimum absolute atomic E-state index is 0.0349. The maximum absolute atomic E-state index is 10.9. The fourth-order valence-corrected chi connectivity index (χ4v) is 5.40. The number of halogens is 1. The summed E-state index contributed by atoms with van der Waals surface area (Å²) in [4.78, 5) is 0. The van der Waals surface area contributed by atoms with Crippen molar-refractivity contribution in [3.8, 4) is 17.0 Å². The molecule has 0 bridgehead atoms. The molecule has 1 saturated carbocycles. The van der Waals surface area contributed by atoms with Crippen molar-refractivity contribution >= 4 is 17.7 Å². The van der Waals surface area contributed by atoms with E-state index in [0.717, 1.165) is 25.7 Å². The van der Waals surface area contributed by atoms with Crippen LogP contribution in [0, 0.1) is 17.2 Å². The van der Waals surface area contributed by atoms with Gasteiger partial charge in [0.15, 0.2) is 0 Å². The number of aromatic hydroxyl groups is 1. The van der Waals surface area contributed by atoms with Crippen molar-refractivity contribution in [2.75, 3.05) is 0 Å². The third-order valence-electron chi connectivity index (χ3n) is 6.61. The molecule has 0 amide bonds. The monoisotopic (exact) mass is 392 g/mol. The Morgan fingerprint density at radius 2 is 1.96 bits per heavy atom. The Hall–Kier alpha value is -2.21. The van der Waals surface area contributed by atoms with Gasteiger partial charge >= 0.3 is 0 Å². The van der Waals surface area contributed by atoms with Gasteiger partial charge in [-0.1, -0.05) is 54.5 Å². The van der Waals surface area contributed by atoms with Crippen LogP contribution >= 0.6 is 11.6 Å². The summed E-state index contributed by atoms with van der Waals surface area (Å²) in [7, 11) is 0. The van der Waals surface area contributed by atoms with E-state index in [-0.39, 0.29) is 5.41 Å². The first-order chi connectivity index (χ1) is 13.5. The third kappa shape index (κ3) is 3.58. The van der Waals surface area contributed by atoms with Gasteiger partial charge < -0.3 is 10.2 Å². The fraction of sp³-hybridized carbons (Fsp3) is 0.360. The van der Waals surface area contributed by atoms with Gasteiger partial charge in [0.1, 0.15) is 11.4 Å². The molecule has 3 heteroatoms. The molecular formula is C25H25ClO2. The smallest absolute Gasteiger partial charge is 0.127 e. The maximum atomic E-state index is 10.9. The predicted octanol–water partition coefficient (Wildman–Crippen LogP) is 5.41. The van der Waals surface area contributed by atoms with Crippen LogP contribution in [0.2, 0.25) is 0 Å². The molecule has 144 valence electrons. The highest BCUT2D eigenvalue weighted by Gasteiger charge is 2.50. The van der Waals surface area contributed by atoms with Gasteiger partial charge in [0.25, 0.3) is 0 Å². The van der Waals surface area contributed by atoms with Gasteiger partial charge in [-0.3, -0.25) is 0 Å². The second-order valence-electron chi connectivity index (χ2n) is 8.21. The average Bonchev–Trinajstić information content (AvgIpc) is 2.69. The number of rotatable bonds is 3. The van der Waals surface area contributed by atoms with Crippen LogP contribution in [-0.4, -0.2) is 15.8 Å². The molecule has 2 aromatic rings. The van der Waals surface area contributed by atoms with Gasteiger partial charge in [-0.15, -0.1) is 0 Å². The molecule has 2 aliphatic carbocycles. The van der Waals surface area contributed by atoms with Gasteiger partial charge in [0.2, 0.25) is 0 Å². The first-order valence-corrected chi connectivity index (χ1v) is 10.3. The van der Waals surface area contributed by atoms with Gasteiger partial charge in [-0.05, 0) is 84.9 Å². The molecule has 0 aliphatic heterocycles. The zero-order chi connectivity index (χ0) is 19.6. The van der Waals surface area contributed by atoms with E-state index >= 15 is 0 Å². The number of benzene rings is 2. The summed E-state index contributed by atoms with van der Waals surface area (Å²) >= 11 is 5.62. The van der Waals surface area contributed by atoms with E-state index < -0.39 is 5.60 Å². The topological polar surface area (TPSA) is 40.5 Å². The molecule has 0 radical (unpaired) electrons. The van der Waals surface area contributed by atoms with Crippen molar-refractivity contribution in [2.24, 2.45) is 5.92 Å². The van der Waals surface area contributed by atoms with Crippen LogP contribution in [0.1, 0.15) is 48.8 Å². The van der Waals surface area contributed by atoms with Gasteiger partial charge in [0.05, 0.1) is 0 Å². The highest BCUT2D eigenvalue weighted by atomic mass is 35.5. The molecule has 1 fully saturated rings. The molecule has 2 aromatic carbocycles. The quantitative estimate of drug-likeness (QED) is 0.685. The summed E-state index contributed by atoms with van der Waals surface area (Å²) in [6.07, 6.45) is 9.38. The van der Waals surface area contributed by atoms with Crippen molar-refractivity contribution < 1.29 is 10.2 Å². The second kappa shape index (κ2) is 7.66. The van der Waals surface area contributed by atoms with E-state index in [1.807, 2.05) is 24.3 Å². The second-order valence-corrected chi connectivity index (χ2v) is 8.39. The Bertz CT molecular complexity index is 940. The van der Waals surface area contributed by atoms with E-state index in [2.05, 4.69) is 41.7 Å². The molecular weight excluding hydrogens is 368 g/mol. The Morgan fingerprint density at radius 1 is 1.14 bits per heavy atom. The molecule has 0 aromatic heterocycles. The van der Waals surface area contributed by atoms with Crippen LogP contribution in [0.3, 0.4) is 0 Å². The van der Waals surface area contributed by atoms with Crippen molar-refractivity contribution in [2.45, 2.75) is 49.5 Å². The van der Waals surface area contributed by atoms with Crippen LogP contribution < -0.4 is 0 Å². The van der Waals surface area contributed by atoms with Gasteiger partial charge in [-0.25, -0.2) is 0 Å². The number of aryl methyl sites for hydroxylation is 1. The summed E-state index contributed by atoms with van der Waals surface area (Å²) in [5.74, 6) is 3.50. The highest BCUT2D eigenvalue weighted by Crippen LogP contribution is 2.55. The SMILES string of the molecule is Oc1ccc2c(c1)CC[C@@H]1C[C@@](O)(C#CCl)CC[C@@]21CC=Cc1ccccc1.